The van der Waals surface area contributed by atoms with Gasteiger partial charge in [0.05, 0.1) is 28.8 Å². The van der Waals surface area contributed by atoms with Gasteiger partial charge in [-0.05, 0) is 18.2 Å². The zero-order chi connectivity index (χ0) is 19.3. The third-order valence-electron chi connectivity index (χ3n) is 4.82. The summed E-state index contributed by atoms with van der Waals surface area (Å²) in [5.41, 5.74) is 2.51. The Morgan fingerprint density at radius 3 is 2.68 bits per heavy atom. The molecule has 0 radical (unpaired) electrons. The second kappa shape index (κ2) is 6.04. The van der Waals surface area contributed by atoms with Gasteiger partial charge in [-0.1, -0.05) is 6.07 Å². The molecule has 5 heterocycles. The molecule has 142 valence electrons. The van der Waals surface area contributed by atoms with Gasteiger partial charge in [0, 0.05) is 37.3 Å². The van der Waals surface area contributed by atoms with Crippen LogP contribution in [-0.2, 0) is 12.6 Å². The predicted molar refractivity (Wildman–Crippen MR) is 93.7 cm³/mol. The van der Waals surface area contributed by atoms with Crippen LogP contribution in [-0.4, -0.2) is 36.1 Å². The molecule has 0 aliphatic carbocycles. The van der Waals surface area contributed by atoms with Gasteiger partial charge in [-0.3, -0.25) is 0 Å². The van der Waals surface area contributed by atoms with Crippen molar-refractivity contribution < 1.29 is 13.2 Å². The third kappa shape index (κ3) is 2.68. The number of nitrogens with zero attached hydrogens (tertiary/aromatic N) is 6. The normalized spacial score (nSPS) is 17.1. The summed E-state index contributed by atoms with van der Waals surface area (Å²) in [4.78, 5) is 17.4. The first-order valence-electron chi connectivity index (χ1n) is 8.63. The van der Waals surface area contributed by atoms with Gasteiger partial charge in [0.25, 0.3) is 0 Å². The molecule has 0 fully saturated rings. The number of pyridine rings is 1. The highest BCUT2D eigenvalue weighted by atomic mass is 19.4. The first-order valence-corrected chi connectivity index (χ1v) is 8.63. The molecule has 10 heteroatoms. The van der Waals surface area contributed by atoms with E-state index in [-0.39, 0.29) is 5.95 Å². The highest BCUT2D eigenvalue weighted by molar-refractivity contribution is 5.52. The van der Waals surface area contributed by atoms with E-state index in [1.807, 2.05) is 35.4 Å². The number of anilines is 1. The van der Waals surface area contributed by atoms with Crippen molar-refractivity contribution in [3.8, 4) is 0 Å². The van der Waals surface area contributed by atoms with Crippen molar-refractivity contribution in [3.05, 3.63) is 71.8 Å². The first kappa shape index (κ1) is 16.7. The third-order valence-corrected chi connectivity index (χ3v) is 4.82. The number of hydrogen-bond donors (Lipinski definition) is 1. The smallest absolute Gasteiger partial charge is 0.348 e. The Hall–Kier alpha value is -3.43. The van der Waals surface area contributed by atoms with Crippen LogP contribution in [0.4, 0.5) is 19.1 Å². The standard InChI is InChI=1S/C18H14F3N7/c19-18(20,21)11-8-22-17(23-9-11)27-6-4-13-15(25-10-24-13)16(27)14-7-12-3-1-2-5-28(12)26-14/h1-3,5,7-10,16H,4,6H2,(H,24,25)/t16-/m0/s1. The van der Waals surface area contributed by atoms with Gasteiger partial charge in [0.15, 0.2) is 0 Å². The van der Waals surface area contributed by atoms with Crippen LogP contribution in [0.1, 0.15) is 28.7 Å². The number of H-pyrrole nitrogens is 1. The number of aromatic amines is 1. The molecular formula is C18H14F3N7. The molecule has 0 saturated carbocycles. The highest BCUT2D eigenvalue weighted by Gasteiger charge is 2.36. The van der Waals surface area contributed by atoms with Crippen LogP contribution in [0.15, 0.2) is 49.2 Å². The van der Waals surface area contributed by atoms with Crippen LogP contribution < -0.4 is 4.90 Å². The largest absolute Gasteiger partial charge is 0.419 e. The van der Waals surface area contributed by atoms with Gasteiger partial charge in [-0.2, -0.15) is 18.3 Å². The average Bonchev–Trinajstić information content (AvgIpc) is 3.33. The minimum absolute atomic E-state index is 0.212. The number of halogens is 3. The Balaban J connectivity index is 1.60. The van der Waals surface area contributed by atoms with E-state index in [0.29, 0.717) is 13.0 Å². The Morgan fingerprint density at radius 1 is 1.11 bits per heavy atom. The lowest BCUT2D eigenvalue weighted by Gasteiger charge is -2.33. The van der Waals surface area contributed by atoms with Crippen molar-refractivity contribution in [2.45, 2.75) is 18.6 Å². The maximum atomic E-state index is 12.9. The first-order chi connectivity index (χ1) is 13.5. The zero-order valence-corrected chi connectivity index (χ0v) is 14.4. The molecule has 5 rings (SSSR count). The molecule has 7 nitrogen and oxygen atoms in total. The molecule has 0 saturated heterocycles. The van der Waals surface area contributed by atoms with E-state index in [4.69, 9.17) is 0 Å². The summed E-state index contributed by atoms with van der Waals surface area (Å²) < 4.78 is 40.3. The fourth-order valence-corrected chi connectivity index (χ4v) is 3.50. The lowest BCUT2D eigenvalue weighted by molar-refractivity contribution is -0.138. The van der Waals surface area contributed by atoms with Crippen molar-refractivity contribution >= 4 is 11.5 Å². The van der Waals surface area contributed by atoms with Crippen LogP contribution in [0.3, 0.4) is 0 Å². The van der Waals surface area contributed by atoms with E-state index in [1.54, 1.807) is 10.8 Å². The van der Waals surface area contributed by atoms with Gasteiger partial charge < -0.3 is 9.88 Å². The molecule has 1 atom stereocenters. The lowest BCUT2D eigenvalue weighted by Crippen LogP contribution is -2.37. The summed E-state index contributed by atoms with van der Waals surface area (Å²) >= 11 is 0. The molecule has 0 bridgehead atoms. The van der Waals surface area contributed by atoms with Crippen LogP contribution >= 0.6 is 0 Å². The van der Waals surface area contributed by atoms with E-state index in [1.165, 1.54) is 0 Å². The van der Waals surface area contributed by atoms with Gasteiger partial charge in [-0.25, -0.2) is 19.5 Å². The monoisotopic (exact) mass is 385 g/mol. The molecule has 0 unspecified atom stereocenters. The van der Waals surface area contributed by atoms with Gasteiger partial charge in [-0.15, -0.1) is 0 Å². The Labute approximate surface area is 156 Å². The molecule has 1 N–H and O–H groups in total. The number of nitrogens with one attached hydrogen (secondary N) is 1. The summed E-state index contributed by atoms with van der Waals surface area (Å²) in [6, 6.07) is 7.27. The number of imidazole rings is 1. The van der Waals surface area contributed by atoms with Crippen molar-refractivity contribution in [2.24, 2.45) is 0 Å². The molecular weight excluding hydrogens is 371 g/mol. The molecule has 28 heavy (non-hydrogen) atoms. The predicted octanol–water partition coefficient (Wildman–Crippen LogP) is 3.02. The van der Waals surface area contributed by atoms with Gasteiger partial charge in [0.1, 0.15) is 6.04 Å². The molecule has 0 spiro atoms. The van der Waals surface area contributed by atoms with Gasteiger partial charge >= 0.3 is 6.18 Å². The lowest BCUT2D eigenvalue weighted by atomic mass is 10.0. The summed E-state index contributed by atoms with van der Waals surface area (Å²) in [5, 5.41) is 4.63. The maximum Gasteiger partial charge on any atom is 0.419 e. The minimum atomic E-state index is -4.48. The zero-order valence-electron chi connectivity index (χ0n) is 14.4. The van der Waals surface area contributed by atoms with Crippen molar-refractivity contribution in [1.29, 1.82) is 0 Å². The topological polar surface area (TPSA) is 75.0 Å². The fourth-order valence-electron chi connectivity index (χ4n) is 3.50. The molecule has 1 aliphatic heterocycles. The second-order valence-electron chi connectivity index (χ2n) is 6.52. The molecule has 0 aromatic carbocycles. The Kier molecular flexibility index (Phi) is 3.61. The van der Waals surface area contributed by atoms with Crippen LogP contribution in [0.25, 0.3) is 5.52 Å². The SMILES string of the molecule is FC(F)(F)c1cnc(N2CCc3[nH]cnc3[C@@H]2c2cc3ccccn3n2)nc1. The Morgan fingerprint density at radius 2 is 1.93 bits per heavy atom. The number of hydrogen-bond acceptors (Lipinski definition) is 5. The number of fused-ring (bicyclic) bond motifs is 2. The number of rotatable bonds is 2. The Bertz CT molecular complexity index is 1100. The van der Waals surface area contributed by atoms with Crippen LogP contribution in [0.2, 0.25) is 0 Å². The second-order valence-corrected chi connectivity index (χ2v) is 6.52. The molecule has 4 aromatic rings. The highest BCUT2D eigenvalue weighted by Crippen LogP contribution is 2.36. The quantitative estimate of drug-likeness (QED) is 0.574. The summed E-state index contributed by atoms with van der Waals surface area (Å²) in [7, 11) is 0. The summed E-state index contributed by atoms with van der Waals surface area (Å²) in [5.74, 6) is 0.212. The van der Waals surface area contributed by atoms with E-state index in [2.05, 4.69) is 25.0 Å². The summed E-state index contributed by atoms with van der Waals surface area (Å²) in [6.45, 7) is 0.527. The minimum Gasteiger partial charge on any atom is -0.348 e. The van der Waals surface area contributed by atoms with E-state index in [0.717, 1.165) is 35.0 Å². The number of aromatic nitrogens is 6. The number of alkyl halides is 3. The van der Waals surface area contributed by atoms with Crippen molar-refractivity contribution in [3.63, 3.8) is 0 Å². The van der Waals surface area contributed by atoms with Crippen LogP contribution in [0, 0.1) is 0 Å². The van der Waals surface area contributed by atoms with E-state index >= 15 is 0 Å². The van der Waals surface area contributed by atoms with Crippen molar-refractivity contribution in [1.82, 2.24) is 29.5 Å². The molecule has 4 aromatic heterocycles. The van der Waals surface area contributed by atoms with E-state index in [9.17, 15) is 13.2 Å². The average molecular weight is 385 g/mol. The van der Waals surface area contributed by atoms with E-state index < -0.39 is 17.8 Å². The van der Waals surface area contributed by atoms with Crippen molar-refractivity contribution in [2.75, 3.05) is 11.4 Å². The maximum absolute atomic E-state index is 12.9. The molecule has 0 amide bonds. The fraction of sp³-hybridized carbons (Fsp3) is 0.222. The molecule has 1 aliphatic rings. The summed E-state index contributed by atoms with van der Waals surface area (Å²) in [6.07, 6.45) is 1.25. The van der Waals surface area contributed by atoms with Gasteiger partial charge in [0.2, 0.25) is 5.95 Å². The van der Waals surface area contributed by atoms with Crippen LogP contribution in [0.5, 0.6) is 0 Å².